The van der Waals surface area contributed by atoms with E-state index in [9.17, 15) is 14.4 Å². The summed E-state index contributed by atoms with van der Waals surface area (Å²) < 4.78 is 5.71. The number of hydrogen-bond donors (Lipinski definition) is 2. The summed E-state index contributed by atoms with van der Waals surface area (Å²) in [6.45, 7) is 4.94. The van der Waals surface area contributed by atoms with Gasteiger partial charge in [0, 0.05) is 36.3 Å². The first kappa shape index (κ1) is 21.1. The van der Waals surface area contributed by atoms with Crippen LogP contribution in [0.2, 0.25) is 0 Å². The Balaban J connectivity index is 1.60. The average Bonchev–Trinajstić information content (AvgIpc) is 3.14. The molecule has 1 aromatic heterocycles. The molecule has 8 heteroatoms. The van der Waals surface area contributed by atoms with Gasteiger partial charge in [0.25, 0.3) is 11.8 Å². The fourth-order valence-electron chi connectivity index (χ4n) is 3.29. The quantitative estimate of drug-likeness (QED) is 0.710. The molecule has 0 atom stereocenters. The summed E-state index contributed by atoms with van der Waals surface area (Å²) >= 11 is 3.16. The van der Waals surface area contributed by atoms with Crippen molar-refractivity contribution in [3.8, 4) is 0 Å². The summed E-state index contributed by atoms with van der Waals surface area (Å²) in [6.07, 6.45) is 1.29. The van der Waals surface area contributed by atoms with Crippen molar-refractivity contribution in [3.05, 3.63) is 52.4 Å². The van der Waals surface area contributed by atoms with Gasteiger partial charge in [-0.05, 0) is 73.0 Å². The molecule has 29 heavy (non-hydrogen) atoms. The van der Waals surface area contributed by atoms with Crippen LogP contribution in [0.15, 0.2) is 45.5 Å². The lowest BCUT2D eigenvalue weighted by atomic mass is 9.95. The highest BCUT2D eigenvalue weighted by Crippen LogP contribution is 2.21. The third-order valence-corrected chi connectivity index (χ3v) is 5.17. The second-order valence-electron chi connectivity index (χ2n) is 7.37. The molecule has 3 rings (SSSR count). The molecule has 0 aliphatic carbocycles. The first-order valence-corrected chi connectivity index (χ1v) is 10.4. The van der Waals surface area contributed by atoms with E-state index >= 15 is 0 Å². The maximum absolute atomic E-state index is 12.9. The Hall–Kier alpha value is -2.61. The van der Waals surface area contributed by atoms with E-state index in [2.05, 4.69) is 26.6 Å². The van der Waals surface area contributed by atoms with Gasteiger partial charge in [0.05, 0.1) is 0 Å². The van der Waals surface area contributed by atoms with E-state index in [-0.39, 0.29) is 29.5 Å². The number of furan rings is 1. The van der Waals surface area contributed by atoms with E-state index in [4.69, 9.17) is 4.42 Å². The monoisotopic (exact) mass is 461 g/mol. The third-order valence-electron chi connectivity index (χ3n) is 4.75. The largest absolute Gasteiger partial charge is 0.444 e. The van der Waals surface area contributed by atoms with Crippen LogP contribution in [0.25, 0.3) is 0 Å². The second kappa shape index (κ2) is 9.26. The fraction of sp³-hybridized carbons (Fsp3) is 0.381. The molecule has 3 amide bonds. The lowest BCUT2D eigenvalue weighted by Gasteiger charge is -2.31. The van der Waals surface area contributed by atoms with Crippen molar-refractivity contribution < 1.29 is 18.8 Å². The maximum atomic E-state index is 12.9. The summed E-state index contributed by atoms with van der Waals surface area (Å²) in [7, 11) is 0. The van der Waals surface area contributed by atoms with Crippen molar-refractivity contribution in [2.45, 2.75) is 32.7 Å². The molecule has 0 unspecified atom stereocenters. The molecule has 1 fully saturated rings. The molecular formula is C21H24BrN3O4. The molecule has 0 spiro atoms. The Kier molecular flexibility index (Phi) is 6.74. The van der Waals surface area contributed by atoms with Crippen molar-refractivity contribution in [1.29, 1.82) is 0 Å². The first-order valence-electron chi connectivity index (χ1n) is 9.60. The molecule has 0 radical (unpaired) electrons. The van der Waals surface area contributed by atoms with Gasteiger partial charge in [0.2, 0.25) is 5.91 Å². The van der Waals surface area contributed by atoms with E-state index in [1.807, 2.05) is 13.8 Å². The van der Waals surface area contributed by atoms with Crippen LogP contribution >= 0.6 is 15.9 Å². The highest BCUT2D eigenvalue weighted by Gasteiger charge is 2.28. The zero-order valence-electron chi connectivity index (χ0n) is 16.4. The zero-order chi connectivity index (χ0) is 21.0. The number of halogens is 1. The van der Waals surface area contributed by atoms with Crippen LogP contribution in [0.4, 0.5) is 5.69 Å². The Bertz CT molecular complexity index is 901. The number of carbonyl (C=O) groups is 3. The van der Waals surface area contributed by atoms with Crippen LogP contribution in [0.3, 0.4) is 0 Å². The minimum absolute atomic E-state index is 0.0558. The van der Waals surface area contributed by atoms with Crippen molar-refractivity contribution >= 4 is 39.3 Å². The zero-order valence-corrected chi connectivity index (χ0v) is 18.0. The first-order chi connectivity index (χ1) is 13.8. The van der Waals surface area contributed by atoms with E-state index in [0.717, 1.165) is 0 Å². The van der Waals surface area contributed by atoms with E-state index in [1.54, 1.807) is 41.3 Å². The van der Waals surface area contributed by atoms with Crippen LogP contribution in [-0.2, 0) is 4.79 Å². The van der Waals surface area contributed by atoms with Crippen LogP contribution in [-0.4, -0.2) is 41.8 Å². The summed E-state index contributed by atoms with van der Waals surface area (Å²) in [4.78, 5) is 39.0. The summed E-state index contributed by atoms with van der Waals surface area (Å²) in [5, 5.41) is 5.67. The third kappa shape index (κ3) is 5.47. The standard InChI is InChI=1S/C21H24BrN3O4/c1-13(2)23-19(26)14-8-10-25(11-9-14)21(28)15-4-3-5-16(12-15)24-20(27)17-6-7-18(22)29-17/h3-7,12-14H,8-11H2,1-2H3,(H,23,26)(H,24,27). The molecule has 1 aliphatic rings. The summed E-state index contributed by atoms with van der Waals surface area (Å²) in [6, 6.07) is 10.1. The highest BCUT2D eigenvalue weighted by molar-refractivity contribution is 9.10. The van der Waals surface area contributed by atoms with Gasteiger partial charge in [0.1, 0.15) is 0 Å². The maximum Gasteiger partial charge on any atom is 0.291 e. The lowest BCUT2D eigenvalue weighted by Crippen LogP contribution is -2.44. The van der Waals surface area contributed by atoms with Crippen molar-refractivity contribution in [3.63, 3.8) is 0 Å². The van der Waals surface area contributed by atoms with Crippen molar-refractivity contribution in [2.75, 3.05) is 18.4 Å². The number of likely N-dealkylation sites (tertiary alicyclic amines) is 1. The Morgan fingerprint density at radius 2 is 1.86 bits per heavy atom. The van der Waals surface area contributed by atoms with Crippen LogP contribution < -0.4 is 10.6 Å². The molecule has 0 saturated carbocycles. The number of anilines is 1. The molecule has 1 aliphatic heterocycles. The number of benzene rings is 1. The summed E-state index contributed by atoms with van der Waals surface area (Å²) in [5.41, 5.74) is 1.01. The predicted octanol–water partition coefficient (Wildman–Crippen LogP) is 3.67. The number of hydrogen-bond acceptors (Lipinski definition) is 4. The van der Waals surface area contributed by atoms with Gasteiger partial charge in [-0.2, -0.15) is 0 Å². The van der Waals surface area contributed by atoms with E-state index in [0.29, 0.717) is 41.9 Å². The van der Waals surface area contributed by atoms with Crippen LogP contribution in [0.1, 0.15) is 47.6 Å². The Labute approximate surface area is 178 Å². The molecule has 7 nitrogen and oxygen atoms in total. The number of nitrogens with one attached hydrogen (secondary N) is 2. The topological polar surface area (TPSA) is 91.7 Å². The van der Waals surface area contributed by atoms with E-state index in [1.165, 1.54) is 0 Å². The van der Waals surface area contributed by atoms with Crippen molar-refractivity contribution in [2.24, 2.45) is 5.92 Å². The average molecular weight is 462 g/mol. The number of amides is 3. The van der Waals surface area contributed by atoms with Gasteiger partial charge in [-0.3, -0.25) is 14.4 Å². The minimum Gasteiger partial charge on any atom is -0.444 e. The number of carbonyl (C=O) groups excluding carboxylic acids is 3. The Morgan fingerprint density at radius 1 is 1.14 bits per heavy atom. The molecule has 0 bridgehead atoms. The molecule has 1 saturated heterocycles. The SMILES string of the molecule is CC(C)NC(=O)C1CCN(C(=O)c2cccc(NC(=O)c3ccc(Br)o3)c2)CC1. The molecular weight excluding hydrogens is 438 g/mol. The molecule has 1 aromatic carbocycles. The number of rotatable bonds is 5. The normalized spacial score (nSPS) is 14.7. The van der Waals surface area contributed by atoms with Gasteiger partial charge >= 0.3 is 0 Å². The minimum atomic E-state index is -0.391. The molecule has 154 valence electrons. The van der Waals surface area contributed by atoms with Crippen molar-refractivity contribution in [1.82, 2.24) is 10.2 Å². The molecule has 2 N–H and O–H groups in total. The predicted molar refractivity (Wildman–Crippen MR) is 113 cm³/mol. The van der Waals surface area contributed by atoms with Gasteiger partial charge in [0.15, 0.2) is 10.4 Å². The van der Waals surface area contributed by atoms with Gasteiger partial charge in [-0.25, -0.2) is 0 Å². The van der Waals surface area contributed by atoms with E-state index < -0.39 is 5.91 Å². The van der Waals surface area contributed by atoms with Gasteiger partial charge in [-0.1, -0.05) is 6.07 Å². The highest BCUT2D eigenvalue weighted by atomic mass is 79.9. The molecule has 2 aromatic rings. The van der Waals surface area contributed by atoms with Crippen LogP contribution in [0.5, 0.6) is 0 Å². The smallest absolute Gasteiger partial charge is 0.291 e. The summed E-state index contributed by atoms with van der Waals surface area (Å²) in [5.74, 6) is -0.321. The second-order valence-corrected chi connectivity index (χ2v) is 8.15. The number of piperidine rings is 1. The lowest BCUT2D eigenvalue weighted by molar-refractivity contribution is -0.126. The number of nitrogens with zero attached hydrogens (tertiary/aromatic N) is 1. The molecule has 2 heterocycles. The Morgan fingerprint density at radius 3 is 2.48 bits per heavy atom. The van der Waals surface area contributed by atoms with Gasteiger partial charge < -0.3 is 20.0 Å². The fourth-order valence-corrected chi connectivity index (χ4v) is 3.60. The van der Waals surface area contributed by atoms with Crippen LogP contribution in [0, 0.1) is 5.92 Å². The van der Waals surface area contributed by atoms with Gasteiger partial charge in [-0.15, -0.1) is 0 Å².